The van der Waals surface area contributed by atoms with Gasteiger partial charge in [0.1, 0.15) is 5.75 Å². The zero-order chi connectivity index (χ0) is 11.5. The molecule has 2 rings (SSSR count). The van der Waals surface area contributed by atoms with Gasteiger partial charge in [0.05, 0.1) is 12.0 Å². The fraction of sp³-hybridized carbons (Fsp3) is 0.417. The molecule has 2 N–H and O–H groups in total. The number of benzene rings is 1. The Hall–Kier alpha value is -1.55. The Morgan fingerprint density at radius 3 is 3.00 bits per heavy atom. The summed E-state index contributed by atoms with van der Waals surface area (Å²) in [5, 5.41) is 12.0. The van der Waals surface area contributed by atoms with E-state index in [0.29, 0.717) is 12.3 Å². The number of carbonyl (C=O) groups excluding carboxylic acids is 1. The van der Waals surface area contributed by atoms with E-state index in [-0.39, 0.29) is 23.7 Å². The van der Waals surface area contributed by atoms with E-state index in [1.165, 1.54) is 6.07 Å². The topological polar surface area (TPSA) is 58.6 Å². The first-order valence-electron chi connectivity index (χ1n) is 5.38. The van der Waals surface area contributed by atoms with E-state index in [1.54, 1.807) is 18.2 Å². The number of carbonyl (C=O) groups is 1. The molecule has 1 aromatic carbocycles. The highest BCUT2D eigenvalue weighted by Gasteiger charge is 2.30. The second-order valence-corrected chi connectivity index (χ2v) is 4.01. The molecule has 16 heavy (non-hydrogen) atoms. The SMILES string of the molecule is CC1OCCC1C(=O)Nc1cccc(O)c1. The van der Waals surface area contributed by atoms with Crippen LogP contribution in [-0.4, -0.2) is 23.7 Å². The van der Waals surface area contributed by atoms with E-state index in [9.17, 15) is 9.90 Å². The summed E-state index contributed by atoms with van der Waals surface area (Å²) in [6.45, 7) is 2.54. The van der Waals surface area contributed by atoms with Gasteiger partial charge in [-0.3, -0.25) is 4.79 Å². The quantitative estimate of drug-likeness (QED) is 0.800. The summed E-state index contributed by atoms with van der Waals surface area (Å²) in [4.78, 5) is 11.9. The number of hydrogen-bond donors (Lipinski definition) is 2. The van der Waals surface area contributed by atoms with E-state index in [4.69, 9.17) is 4.74 Å². The smallest absolute Gasteiger partial charge is 0.230 e. The van der Waals surface area contributed by atoms with E-state index in [0.717, 1.165) is 6.42 Å². The van der Waals surface area contributed by atoms with Crippen LogP contribution in [0.3, 0.4) is 0 Å². The highest BCUT2D eigenvalue weighted by atomic mass is 16.5. The summed E-state index contributed by atoms with van der Waals surface area (Å²) in [7, 11) is 0. The molecule has 1 aromatic rings. The summed E-state index contributed by atoms with van der Waals surface area (Å²) in [6, 6.07) is 6.53. The molecule has 0 spiro atoms. The molecule has 0 radical (unpaired) electrons. The van der Waals surface area contributed by atoms with Gasteiger partial charge in [-0.05, 0) is 25.5 Å². The molecule has 1 aliphatic rings. The monoisotopic (exact) mass is 221 g/mol. The Bertz CT molecular complexity index is 392. The summed E-state index contributed by atoms with van der Waals surface area (Å²) < 4.78 is 5.34. The van der Waals surface area contributed by atoms with Crippen molar-refractivity contribution in [2.75, 3.05) is 11.9 Å². The Kier molecular flexibility index (Phi) is 3.10. The summed E-state index contributed by atoms with van der Waals surface area (Å²) in [5.74, 6) is 0.00599. The lowest BCUT2D eigenvalue weighted by Crippen LogP contribution is -2.27. The largest absolute Gasteiger partial charge is 0.508 e. The molecule has 1 amide bonds. The van der Waals surface area contributed by atoms with Gasteiger partial charge in [0.25, 0.3) is 0 Å². The third-order valence-electron chi connectivity index (χ3n) is 2.83. The number of ether oxygens (including phenoxy) is 1. The number of hydrogen-bond acceptors (Lipinski definition) is 3. The maximum atomic E-state index is 11.9. The predicted molar refractivity (Wildman–Crippen MR) is 60.3 cm³/mol. The lowest BCUT2D eigenvalue weighted by Gasteiger charge is -2.14. The minimum Gasteiger partial charge on any atom is -0.508 e. The molecular weight excluding hydrogens is 206 g/mol. The lowest BCUT2D eigenvalue weighted by atomic mass is 10.0. The number of phenolic OH excluding ortho intramolecular Hbond substituents is 1. The summed E-state index contributed by atoms with van der Waals surface area (Å²) in [6.07, 6.45) is 0.726. The maximum Gasteiger partial charge on any atom is 0.230 e. The van der Waals surface area contributed by atoms with Crippen LogP contribution in [0.4, 0.5) is 5.69 Å². The van der Waals surface area contributed by atoms with Gasteiger partial charge in [0.2, 0.25) is 5.91 Å². The van der Waals surface area contributed by atoms with Crippen molar-refractivity contribution in [1.29, 1.82) is 0 Å². The van der Waals surface area contributed by atoms with Crippen LogP contribution in [0.5, 0.6) is 5.75 Å². The third-order valence-corrected chi connectivity index (χ3v) is 2.83. The number of phenols is 1. The van der Waals surface area contributed by atoms with Crippen LogP contribution in [0.15, 0.2) is 24.3 Å². The van der Waals surface area contributed by atoms with Gasteiger partial charge in [-0.25, -0.2) is 0 Å². The zero-order valence-corrected chi connectivity index (χ0v) is 9.14. The minimum atomic E-state index is -0.0950. The molecule has 1 saturated heterocycles. The summed E-state index contributed by atoms with van der Waals surface area (Å²) in [5.41, 5.74) is 0.615. The van der Waals surface area contributed by atoms with Gasteiger partial charge < -0.3 is 15.2 Å². The standard InChI is InChI=1S/C12H15NO3/c1-8-11(5-6-16-8)12(15)13-9-3-2-4-10(14)7-9/h2-4,7-8,11,14H,5-6H2,1H3,(H,13,15). The van der Waals surface area contributed by atoms with Crippen LogP contribution in [0.2, 0.25) is 0 Å². The van der Waals surface area contributed by atoms with Crippen molar-refractivity contribution in [3.63, 3.8) is 0 Å². The fourth-order valence-electron chi connectivity index (χ4n) is 1.89. The molecule has 4 nitrogen and oxygen atoms in total. The van der Waals surface area contributed by atoms with Gasteiger partial charge in [-0.1, -0.05) is 6.07 Å². The number of nitrogens with one attached hydrogen (secondary N) is 1. The van der Waals surface area contributed by atoms with Gasteiger partial charge in [0.15, 0.2) is 0 Å². The Balaban J connectivity index is 2.02. The molecule has 0 aromatic heterocycles. The highest BCUT2D eigenvalue weighted by Crippen LogP contribution is 2.23. The van der Waals surface area contributed by atoms with Crippen molar-refractivity contribution in [2.45, 2.75) is 19.4 Å². The van der Waals surface area contributed by atoms with Crippen molar-refractivity contribution >= 4 is 11.6 Å². The van der Waals surface area contributed by atoms with Crippen molar-refractivity contribution in [1.82, 2.24) is 0 Å². The predicted octanol–water partition coefficient (Wildman–Crippen LogP) is 1.76. The van der Waals surface area contributed by atoms with E-state index < -0.39 is 0 Å². The molecule has 2 atom stereocenters. The fourth-order valence-corrected chi connectivity index (χ4v) is 1.89. The Morgan fingerprint density at radius 2 is 2.38 bits per heavy atom. The molecule has 0 saturated carbocycles. The number of amides is 1. The van der Waals surface area contributed by atoms with Gasteiger partial charge >= 0.3 is 0 Å². The second kappa shape index (κ2) is 4.53. The zero-order valence-electron chi connectivity index (χ0n) is 9.14. The highest BCUT2D eigenvalue weighted by molar-refractivity contribution is 5.93. The number of rotatable bonds is 2. The summed E-state index contributed by atoms with van der Waals surface area (Å²) >= 11 is 0. The maximum absolute atomic E-state index is 11.9. The van der Waals surface area contributed by atoms with Crippen LogP contribution in [-0.2, 0) is 9.53 Å². The van der Waals surface area contributed by atoms with Crippen LogP contribution in [0.25, 0.3) is 0 Å². The number of aromatic hydroxyl groups is 1. The van der Waals surface area contributed by atoms with E-state index in [2.05, 4.69) is 5.32 Å². The van der Waals surface area contributed by atoms with Crippen LogP contribution >= 0.6 is 0 Å². The van der Waals surface area contributed by atoms with Gasteiger partial charge in [0, 0.05) is 18.4 Å². The van der Waals surface area contributed by atoms with Crippen LogP contribution in [0, 0.1) is 5.92 Å². The van der Waals surface area contributed by atoms with Crippen molar-refractivity contribution in [3.8, 4) is 5.75 Å². The molecule has 1 aliphatic heterocycles. The van der Waals surface area contributed by atoms with Crippen molar-refractivity contribution in [3.05, 3.63) is 24.3 Å². The molecule has 86 valence electrons. The van der Waals surface area contributed by atoms with Crippen molar-refractivity contribution < 1.29 is 14.6 Å². The van der Waals surface area contributed by atoms with E-state index in [1.807, 2.05) is 6.92 Å². The average molecular weight is 221 g/mol. The number of anilines is 1. The molecule has 4 heteroatoms. The first kappa shape index (κ1) is 11.0. The minimum absolute atomic E-state index is 0.0303. The first-order valence-corrected chi connectivity index (χ1v) is 5.38. The first-order chi connectivity index (χ1) is 7.66. The second-order valence-electron chi connectivity index (χ2n) is 4.01. The van der Waals surface area contributed by atoms with Crippen LogP contribution in [0.1, 0.15) is 13.3 Å². The Labute approximate surface area is 94.2 Å². The molecule has 2 unspecified atom stereocenters. The lowest BCUT2D eigenvalue weighted by molar-refractivity contribution is -0.121. The van der Waals surface area contributed by atoms with Crippen molar-refractivity contribution in [2.24, 2.45) is 5.92 Å². The molecule has 0 aliphatic carbocycles. The molecule has 0 bridgehead atoms. The normalized spacial score (nSPS) is 24.3. The average Bonchev–Trinajstić information content (AvgIpc) is 2.64. The molecule has 1 fully saturated rings. The van der Waals surface area contributed by atoms with E-state index >= 15 is 0 Å². The third kappa shape index (κ3) is 2.33. The van der Waals surface area contributed by atoms with Crippen LogP contribution < -0.4 is 5.32 Å². The Morgan fingerprint density at radius 1 is 1.56 bits per heavy atom. The molecular formula is C12H15NO3. The van der Waals surface area contributed by atoms with Gasteiger partial charge in [-0.15, -0.1) is 0 Å². The van der Waals surface area contributed by atoms with Gasteiger partial charge in [-0.2, -0.15) is 0 Å². The molecule has 1 heterocycles.